The third-order valence-corrected chi connectivity index (χ3v) is 7.27. The summed E-state index contributed by atoms with van der Waals surface area (Å²) in [6, 6.07) is 5.63. The van der Waals surface area contributed by atoms with E-state index in [9.17, 15) is 5.11 Å². The molecule has 7 heteroatoms. The summed E-state index contributed by atoms with van der Waals surface area (Å²) in [7, 11) is 0. The van der Waals surface area contributed by atoms with Crippen LogP contribution in [0, 0.1) is 6.92 Å². The molecule has 1 saturated carbocycles. The first-order chi connectivity index (χ1) is 14.1. The smallest absolute Gasteiger partial charge is 0.151 e. The average Bonchev–Trinajstić information content (AvgIpc) is 3.31. The number of benzene rings is 1. The molecule has 1 aromatic carbocycles. The maximum absolute atomic E-state index is 10.2. The summed E-state index contributed by atoms with van der Waals surface area (Å²) in [5.41, 5.74) is 4.04. The number of nitrogens with zero attached hydrogens (tertiary/aromatic N) is 3. The van der Waals surface area contributed by atoms with Gasteiger partial charge in [-0.3, -0.25) is 0 Å². The minimum absolute atomic E-state index is 0.197. The summed E-state index contributed by atoms with van der Waals surface area (Å²) in [4.78, 5) is 4.38. The number of anilines is 1. The molecule has 0 radical (unpaired) electrons. The van der Waals surface area contributed by atoms with Crippen LogP contribution in [-0.4, -0.2) is 38.9 Å². The molecule has 3 aliphatic rings. The molecule has 2 aromatic heterocycles. The van der Waals surface area contributed by atoms with Crippen LogP contribution in [0.3, 0.4) is 0 Å². The SMILES string of the molecule is C1CCC2(CCC2)NC1.Cc1nc2cc(O)c(-c3cc4c(nn3)NCC4)cc2s1. The molecule has 1 saturated heterocycles. The Morgan fingerprint density at radius 2 is 1.90 bits per heavy atom. The number of rotatable bonds is 1. The van der Waals surface area contributed by atoms with Gasteiger partial charge in [-0.25, -0.2) is 4.98 Å². The standard InChI is InChI=1S/C14H12N4OS.C8H15N/c1-7-16-11-6-12(19)9(5-13(11)20-7)10-4-8-2-3-15-14(8)18-17-10;1-2-7-9-8(4-1)5-3-6-8/h4-6,19H,2-3H2,1H3,(H,15,18);9H,1-7H2. The summed E-state index contributed by atoms with van der Waals surface area (Å²) in [5, 5.41) is 26.4. The van der Waals surface area contributed by atoms with Crippen LogP contribution < -0.4 is 10.6 Å². The van der Waals surface area contributed by atoms with E-state index >= 15 is 0 Å². The quantitative estimate of drug-likeness (QED) is 0.552. The zero-order chi connectivity index (χ0) is 19.8. The summed E-state index contributed by atoms with van der Waals surface area (Å²) in [6.07, 6.45) is 9.63. The van der Waals surface area contributed by atoms with E-state index in [0.717, 1.165) is 39.6 Å². The molecule has 152 valence electrons. The average molecular weight is 410 g/mol. The fraction of sp³-hybridized carbons (Fsp3) is 0.500. The van der Waals surface area contributed by atoms with E-state index in [-0.39, 0.29) is 5.75 Å². The number of aromatic hydroxyl groups is 1. The van der Waals surface area contributed by atoms with E-state index in [1.807, 2.05) is 19.1 Å². The fourth-order valence-electron chi connectivity index (χ4n) is 4.56. The molecule has 0 atom stereocenters. The van der Waals surface area contributed by atoms with Gasteiger partial charge in [0, 0.05) is 29.3 Å². The Labute approximate surface area is 174 Å². The molecule has 2 fully saturated rings. The second-order valence-electron chi connectivity index (χ2n) is 8.37. The molecule has 29 heavy (non-hydrogen) atoms. The Morgan fingerprint density at radius 3 is 2.62 bits per heavy atom. The van der Waals surface area contributed by atoms with E-state index in [4.69, 9.17) is 0 Å². The van der Waals surface area contributed by atoms with Crippen molar-refractivity contribution in [2.75, 3.05) is 18.4 Å². The Morgan fingerprint density at radius 1 is 1.03 bits per heavy atom. The minimum atomic E-state index is 0.197. The van der Waals surface area contributed by atoms with Crippen molar-refractivity contribution in [1.29, 1.82) is 0 Å². The van der Waals surface area contributed by atoms with Gasteiger partial charge in [0.2, 0.25) is 0 Å². The summed E-state index contributed by atoms with van der Waals surface area (Å²) >= 11 is 1.61. The molecule has 1 aliphatic carbocycles. The van der Waals surface area contributed by atoms with Crippen molar-refractivity contribution >= 4 is 27.4 Å². The maximum Gasteiger partial charge on any atom is 0.151 e. The zero-order valence-electron chi connectivity index (χ0n) is 16.8. The maximum atomic E-state index is 10.2. The number of phenols is 1. The van der Waals surface area contributed by atoms with Crippen molar-refractivity contribution < 1.29 is 5.11 Å². The van der Waals surface area contributed by atoms with Gasteiger partial charge in [0.1, 0.15) is 5.75 Å². The molecule has 0 amide bonds. The first-order valence-corrected chi connectivity index (χ1v) is 11.4. The predicted octanol–water partition coefficient (Wildman–Crippen LogP) is 4.42. The van der Waals surface area contributed by atoms with Crippen molar-refractivity contribution in [2.24, 2.45) is 0 Å². The van der Waals surface area contributed by atoms with Crippen molar-refractivity contribution in [3.05, 3.63) is 28.8 Å². The Kier molecular flexibility index (Phi) is 4.87. The first kappa shape index (κ1) is 18.8. The fourth-order valence-corrected chi connectivity index (χ4v) is 5.41. The van der Waals surface area contributed by atoms with Gasteiger partial charge in [-0.05, 0) is 64.1 Å². The summed E-state index contributed by atoms with van der Waals surface area (Å²) in [5.74, 6) is 1.05. The number of aryl methyl sites for hydroxylation is 1. The number of fused-ring (bicyclic) bond motifs is 2. The van der Waals surface area contributed by atoms with Crippen molar-refractivity contribution in [3.63, 3.8) is 0 Å². The van der Waals surface area contributed by atoms with Crippen LogP contribution >= 0.6 is 11.3 Å². The topological polar surface area (TPSA) is 83.0 Å². The number of hydrogen-bond donors (Lipinski definition) is 3. The van der Waals surface area contributed by atoms with Gasteiger partial charge < -0.3 is 15.7 Å². The Hall–Kier alpha value is -2.25. The highest BCUT2D eigenvalue weighted by Gasteiger charge is 2.36. The molecule has 0 bridgehead atoms. The van der Waals surface area contributed by atoms with Gasteiger partial charge in [-0.2, -0.15) is 0 Å². The monoisotopic (exact) mass is 409 g/mol. The molecule has 4 heterocycles. The number of thiazole rings is 1. The number of nitrogens with one attached hydrogen (secondary N) is 2. The van der Waals surface area contributed by atoms with E-state index < -0.39 is 0 Å². The number of piperidine rings is 1. The van der Waals surface area contributed by atoms with Crippen molar-refractivity contribution in [1.82, 2.24) is 20.5 Å². The second-order valence-corrected chi connectivity index (χ2v) is 9.60. The lowest BCUT2D eigenvalue weighted by Crippen LogP contribution is -2.53. The normalized spacial score (nSPS) is 19.2. The van der Waals surface area contributed by atoms with Crippen molar-refractivity contribution in [2.45, 2.75) is 57.4 Å². The number of phenolic OH excluding ortho intramolecular Hbond substituents is 1. The molecule has 6 rings (SSSR count). The largest absolute Gasteiger partial charge is 0.507 e. The highest BCUT2D eigenvalue weighted by Crippen LogP contribution is 2.38. The molecule has 0 unspecified atom stereocenters. The molecule has 1 spiro atoms. The van der Waals surface area contributed by atoms with E-state index in [2.05, 4.69) is 25.8 Å². The molecular formula is C22H27N5OS. The van der Waals surface area contributed by atoms with Gasteiger partial charge in [-0.1, -0.05) is 6.42 Å². The van der Waals surface area contributed by atoms with Gasteiger partial charge >= 0.3 is 0 Å². The van der Waals surface area contributed by atoms with Crippen LogP contribution in [0.1, 0.15) is 49.1 Å². The van der Waals surface area contributed by atoms with Crippen LogP contribution in [0.15, 0.2) is 18.2 Å². The zero-order valence-corrected chi connectivity index (χ0v) is 17.6. The molecule has 6 nitrogen and oxygen atoms in total. The lowest BCUT2D eigenvalue weighted by atomic mass is 9.72. The highest BCUT2D eigenvalue weighted by molar-refractivity contribution is 7.18. The van der Waals surface area contributed by atoms with Crippen LogP contribution in [-0.2, 0) is 6.42 Å². The Bertz CT molecular complexity index is 1040. The first-order valence-electron chi connectivity index (χ1n) is 10.6. The number of aromatic nitrogens is 3. The van der Waals surface area contributed by atoms with E-state index in [0.29, 0.717) is 16.8 Å². The summed E-state index contributed by atoms with van der Waals surface area (Å²) < 4.78 is 1.05. The lowest BCUT2D eigenvalue weighted by molar-refractivity contribution is 0.143. The molecule has 3 aromatic rings. The van der Waals surface area contributed by atoms with Crippen LogP contribution in [0.5, 0.6) is 5.75 Å². The highest BCUT2D eigenvalue weighted by atomic mass is 32.1. The van der Waals surface area contributed by atoms with Crippen LogP contribution in [0.2, 0.25) is 0 Å². The van der Waals surface area contributed by atoms with Gasteiger partial charge in [0.15, 0.2) is 5.82 Å². The molecule has 3 N–H and O–H groups in total. The Balaban J connectivity index is 0.000000168. The molecule has 2 aliphatic heterocycles. The minimum Gasteiger partial charge on any atom is -0.507 e. The summed E-state index contributed by atoms with van der Waals surface area (Å²) in [6.45, 7) is 4.13. The van der Waals surface area contributed by atoms with Crippen LogP contribution in [0.4, 0.5) is 5.82 Å². The van der Waals surface area contributed by atoms with E-state index in [1.165, 1.54) is 45.1 Å². The predicted molar refractivity (Wildman–Crippen MR) is 118 cm³/mol. The van der Waals surface area contributed by atoms with Crippen molar-refractivity contribution in [3.8, 4) is 17.0 Å². The van der Waals surface area contributed by atoms with Crippen LogP contribution in [0.25, 0.3) is 21.5 Å². The van der Waals surface area contributed by atoms with Gasteiger partial charge in [0.25, 0.3) is 0 Å². The van der Waals surface area contributed by atoms with Gasteiger partial charge in [-0.15, -0.1) is 21.5 Å². The van der Waals surface area contributed by atoms with E-state index in [1.54, 1.807) is 17.4 Å². The molecular weight excluding hydrogens is 382 g/mol. The lowest BCUT2D eigenvalue weighted by Gasteiger charge is -2.45. The second kappa shape index (κ2) is 7.54. The van der Waals surface area contributed by atoms with Gasteiger partial charge in [0.05, 0.1) is 20.9 Å². The third-order valence-electron chi connectivity index (χ3n) is 6.34. The number of hydrogen-bond acceptors (Lipinski definition) is 7. The third kappa shape index (κ3) is 3.69.